The summed E-state index contributed by atoms with van der Waals surface area (Å²) in [5.74, 6) is -2.14. The molecule has 27 heavy (non-hydrogen) atoms. The Kier molecular flexibility index (Phi) is 13.2. The highest BCUT2D eigenvalue weighted by Gasteiger charge is 2.27. The Balaban J connectivity index is 0. The molecule has 158 valence electrons. The summed E-state index contributed by atoms with van der Waals surface area (Å²) in [5.41, 5.74) is -0.859. The second-order valence-corrected chi connectivity index (χ2v) is 7.22. The van der Waals surface area contributed by atoms with Crippen LogP contribution in [0.4, 0.5) is 0 Å². The van der Waals surface area contributed by atoms with E-state index in [0.29, 0.717) is 6.42 Å². The molecule has 8 nitrogen and oxygen atoms in total. The molecule has 0 rings (SSSR count). The van der Waals surface area contributed by atoms with Crippen molar-refractivity contribution in [2.45, 2.75) is 67.2 Å². The van der Waals surface area contributed by atoms with Gasteiger partial charge < -0.3 is 19.3 Å². The number of aliphatic carboxylic acids is 1. The molecule has 0 atom stereocenters. The summed E-state index contributed by atoms with van der Waals surface area (Å²) < 4.78 is 14.2. The van der Waals surface area contributed by atoms with Crippen molar-refractivity contribution in [3.63, 3.8) is 0 Å². The van der Waals surface area contributed by atoms with E-state index in [2.05, 4.69) is 4.74 Å². The lowest BCUT2D eigenvalue weighted by molar-refractivity contribution is -0.159. The predicted molar refractivity (Wildman–Crippen MR) is 98.9 cm³/mol. The molecule has 0 aromatic heterocycles. The molecule has 0 spiro atoms. The maximum Gasteiger partial charge on any atom is 0.311 e. The number of carboxylic acid groups (broad SMARTS) is 1. The van der Waals surface area contributed by atoms with E-state index < -0.39 is 17.4 Å². The maximum absolute atomic E-state index is 11.5. The Hall–Kier alpha value is -2.12. The van der Waals surface area contributed by atoms with Gasteiger partial charge in [-0.1, -0.05) is 13.8 Å². The van der Waals surface area contributed by atoms with Crippen LogP contribution in [-0.2, 0) is 33.4 Å². The Morgan fingerprint density at radius 1 is 0.778 bits per heavy atom. The van der Waals surface area contributed by atoms with Crippen LogP contribution in [0, 0.1) is 10.8 Å². The summed E-state index contributed by atoms with van der Waals surface area (Å²) in [5, 5.41) is 8.35. The van der Waals surface area contributed by atoms with Crippen molar-refractivity contribution in [3.05, 3.63) is 0 Å². The van der Waals surface area contributed by atoms with Crippen LogP contribution < -0.4 is 0 Å². The molecule has 0 fully saturated rings. The second kappa shape index (κ2) is 13.1. The summed E-state index contributed by atoms with van der Waals surface area (Å²) in [6, 6.07) is 0. The number of carboxylic acids is 1. The molecule has 0 heterocycles. The molecule has 0 aromatic carbocycles. The fourth-order valence-electron chi connectivity index (χ4n) is 1.33. The van der Waals surface area contributed by atoms with Crippen LogP contribution in [0.5, 0.6) is 0 Å². The van der Waals surface area contributed by atoms with Crippen molar-refractivity contribution in [3.8, 4) is 0 Å². The van der Waals surface area contributed by atoms with Gasteiger partial charge in [-0.05, 0) is 40.5 Å². The van der Waals surface area contributed by atoms with Crippen LogP contribution in [0.2, 0.25) is 0 Å². The average Bonchev–Trinajstić information content (AvgIpc) is 2.62. The molecule has 0 aromatic rings. The highest BCUT2D eigenvalue weighted by Crippen LogP contribution is 2.21. The van der Waals surface area contributed by atoms with Crippen LogP contribution in [0.3, 0.4) is 0 Å². The van der Waals surface area contributed by atoms with Gasteiger partial charge in [0.05, 0.1) is 30.8 Å². The van der Waals surface area contributed by atoms with Gasteiger partial charge in [0.15, 0.2) is 0 Å². The highest BCUT2D eigenvalue weighted by molar-refractivity contribution is 5.77. The normalized spacial score (nSPS) is 10.9. The van der Waals surface area contributed by atoms with E-state index in [1.807, 2.05) is 27.7 Å². The molecular formula is C19H34O8. The molecule has 0 aliphatic carbocycles. The molecule has 0 saturated heterocycles. The third-order valence-corrected chi connectivity index (χ3v) is 4.18. The minimum atomic E-state index is -1.05. The first-order valence-electron chi connectivity index (χ1n) is 8.97. The SMILES string of the molecule is CCC(C)(C)C(=O)OC.CCC(C)(C)C(=O)OCCOC(=O)CCC(=O)O. The van der Waals surface area contributed by atoms with Crippen molar-refractivity contribution >= 4 is 23.9 Å². The Bertz CT molecular complexity index is 494. The van der Waals surface area contributed by atoms with E-state index in [4.69, 9.17) is 14.6 Å². The predicted octanol–water partition coefficient (Wildman–Crippen LogP) is 2.97. The van der Waals surface area contributed by atoms with Gasteiger partial charge in [-0.2, -0.15) is 0 Å². The third kappa shape index (κ3) is 12.8. The van der Waals surface area contributed by atoms with Gasteiger partial charge >= 0.3 is 23.9 Å². The van der Waals surface area contributed by atoms with Crippen molar-refractivity contribution in [1.82, 2.24) is 0 Å². The van der Waals surface area contributed by atoms with Crippen LogP contribution in [-0.4, -0.2) is 49.3 Å². The topological polar surface area (TPSA) is 116 Å². The fourth-order valence-corrected chi connectivity index (χ4v) is 1.33. The standard InChI is InChI=1S/C12H20O6.C7H14O2/c1-4-12(2,3)11(16)18-8-7-17-10(15)6-5-9(13)14;1-5-7(2,3)6(8)9-4/h4-8H2,1-3H3,(H,13,14);5H2,1-4H3. The largest absolute Gasteiger partial charge is 0.481 e. The minimum absolute atomic E-state index is 0.0128. The van der Waals surface area contributed by atoms with E-state index in [-0.39, 0.29) is 43.4 Å². The lowest BCUT2D eigenvalue weighted by atomic mass is 9.91. The van der Waals surface area contributed by atoms with Crippen molar-refractivity contribution in [2.75, 3.05) is 20.3 Å². The van der Waals surface area contributed by atoms with Crippen molar-refractivity contribution in [2.24, 2.45) is 10.8 Å². The Morgan fingerprint density at radius 3 is 1.59 bits per heavy atom. The van der Waals surface area contributed by atoms with E-state index in [1.165, 1.54) is 7.11 Å². The first kappa shape index (κ1) is 27.1. The number of rotatable bonds is 10. The maximum atomic E-state index is 11.5. The molecule has 0 bridgehead atoms. The van der Waals surface area contributed by atoms with Crippen LogP contribution >= 0.6 is 0 Å². The van der Waals surface area contributed by atoms with E-state index in [9.17, 15) is 19.2 Å². The van der Waals surface area contributed by atoms with Gasteiger partial charge in [0.25, 0.3) is 0 Å². The minimum Gasteiger partial charge on any atom is -0.481 e. The molecule has 0 aliphatic heterocycles. The highest BCUT2D eigenvalue weighted by atomic mass is 16.6. The third-order valence-electron chi connectivity index (χ3n) is 4.18. The van der Waals surface area contributed by atoms with Gasteiger partial charge in [0.2, 0.25) is 0 Å². The number of esters is 3. The van der Waals surface area contributed by atoms with Crippen molar-refractivity contribution < 1.29 is 38.5 Å². The number of methoxy groups -OCH3 is 1. The number of hydrogen-bond donors (Lipinski definition) is 1. The Labute approximate surface area is 161 Å². The molecular weight excluding hydrogens is 356 g/mol. The van der Waals surface area contributed by atoms with Gasteiger partial charge in [0, 0.05) is 0 Å². The Morgan fingerprint density at radius 2 is 1.22 bits per heavy atom. The summed E-state index contributed by atoms with van der Waals surface area (Å²) in [4.78, 5) is 43.6. The summed E-state index contributed by atoms with van der Waals surface area (Å²) >= 11 is 0. The number of carbonyl (C=O) groups excluding carboxylic acids is 3. The lowest BCUT2D eigenvalue weighted by Gasteiger charge is -2.20. The van der Waals surface area contributed by atoms with E-state index in [1.54, 1.807) is 13.8 Å². The molecule has 0 radical (unpaired) electrons. The molecule has 0 saturated carbocycles. The lowest BCUT2D eigenvalue weighted by Crippen LogP contribution is -2.27. The number of hydrogen-bond acceptors (Lipinski definition) is 7. The average molecular weight is 390 g/mol. The summed E-state index contributed by atoms with van der Waals surface area (Å²) in [7, 11) is 1.42. The molecule has 1 N–H and O–H groups in total. The van der Waals surface area contributed by atoms with Crippen LogP contribution in [0.15, 0.2) is 0 Å². The summed E-state index contributed by atoms with van der Waals surface area (Å²) in [6.07, 6.45) is 1.04. The first-order valence-corrected chi connectivity index (χ1v) is 8.97. The quantitative estimate of drug-likeness (QED) is 0.344. The summed E-state index contributed by atoms with van der Waals surface area (Å²) in [6.45, 7) is 11.1. The zero-order valence-electron chi connectivity index (χ0n) is 17.5. The molecule has 8 heteroatoms. The van der Waals surface area contributed by atoms with Crippen molar-refractivity contribution in [1.29, 1.82) is 0 Å². The molecule has 0 unspecified atom stereocenters. The van der Waals surface area contributed by atoms with Gasteiger partial charge in [-0.3, -0.25) is 19.2 Å². The zero-order chi connectivity index (χ0) is 21.7. The number of carbonyl (C=O) groups is 4. The monoisotopic (exact) mass is 390 g/mol. The van der Waals surface area contributed by atoms with Crippen LogP contribution in [0.1, 0.15) is 67.2 Å². The van der Waals surface area contributed by atoms with E-state index >= 15 is 0 Å². The molecule has 0 aliphatic rings. The van der Waals surface area contributed by atoms with Gasteiger partial charge in [-0.25, -0.2) is 0 Å². The smallest absolute Gasteiger partial charge is 0.311 e. The zero-order valence-corrected chi connectivity index (χ0v) is 17.5. The molecule has 0 amide bonds. The van der Waals surface area contributed by atoms with E-state index in [0.717, 1.165) is 6.42 Å². The first-order chi connectivity index (χ1) is 12.3. The fraction of sp³-hybridized carbons (Fsp3) is 0.789. The van der Waals surface area contributed by atoms with Gasteiger partial charge in [-0.15, -0.1) is 0 Å². The number of ether oxygens (including phenoxy) is 3. The van der Waals surface area contributed by atoms with Crippen LogP contribution in [0.25, 0.3) is 0 Å². The second-order valence-electron chi connectivity index (χ2n) is 7.22. The van der Waals surface area contributed by atoms with Gasteiger partial charge in [0.1, 0.15) is 13.2 Å².